The molecule has 164 valence electrons. The minimum atomic E-state index is 0.374. The van der Waals surface area contributed by atoms with Crippen LogP contribution >= 0.6 is 0 Å². The van der Waals surface area contributed by atoms with Gasteiger partial charge >= 0.3 is 0 Å². The number of carbonyl (C=O) groups is 1. The standard InChI is InChI=1S/C25H21N5O3/c1-2-32-25-28-21-8-5-9-22(33-16-31)23(21)30(25)14-17-10-12-18(13-11-17)19-6-3-4-7-20(19)24-26-15-27-29-24/h3-13,16H,2,14-15H2,1H3. The highest BCUT2D eigenvalue weighted by molar-refractivity contribution is 6.05. The molecule has 33 heavy (non-hydrogen) atoms. The molecule has 5 rings (SSSR count). The van der Waals surface area contributed by atoms with Crippen molar-refractivity contribution in [2.24, 2.45) is 15.2 Å². The summed E-state index contributed by atoms with van der Waals surface area (Å²) >= 11 is 0. The van der Waals surface area contributed by atoms with Crippen molar-refractivity contribution in [3.63, 3.8) is 0 Å². The maximum Gasteiger partial charge on any atom is 0.298 e. The molecule has 0 unspecified atom stereocenters. The van der Waals surface area contributed by atoms with Crippen molar-refractivity contribution in [3.8, 4) is 22.9 Å². The van der Waals surface area contributed by atoms with Gasteiger partial charge in [-0.3, -0.25) is 9.36 Å². The lowest BCUT2D eigenvalue weighted by molar-refractivity contribution is -0.120. The Morgan fingerprint density at radius 1 is 1.00 bits per heavy atom. The van der Waals surface area contributed by atoms with Crippen LogP contribution in [0.4, 0.5) is 0 Å². The molecule has 8 nitrogen and oxygen atoms in total. The summed E-state index contributed by atoms with van der Waals surface area (Å²) in [6.45, 7) is 3.69. The van der Waals surface area contributed by atoms with Gasteiger partial charge in [0.1, 0.15) is 5.52 Å². The Bertz CT molecular complexity index is 1370. The molecule has 1 aliphatic heterocycles. The number of hydrogen-bond acceptors (Lipinski definition) is 7. The third kappa shape index (κ3) is 3.98. The average Bonchev–Trinajstić information content (AvgIpc) is 3.50. The number of rotatable bonds is 8. The second kappa shape index (κ2) is 9.04. The first-order valence-electron chi connectivity index (χ1n) is 10.6. The summed E-state index contributed by atoms with van der Waals surface area (Å²) in [7, 11) is 0. The van der Waals surface area contributed by atoms with Crippen LogP contribution in [0.25, 0.3) is 22.2 Å². The number of aromatic nitrogens is 2. The van der Waals surface area contributed by atoms with Gasteiger partial charge in [0, 0.05) is 5.56 Å². The fourth-order valence-electron chi connectivity index (χ4n) is 3.93. The molecule has 0 N–H and O–H groups in total. The molecule has 0 atom stereocenters. The van der Waals surface area contributed by atoms with E-state index in [4.69, 9.17) is 9.47 Å². The Kier molecular flexibility index (Phi) is 5.63. The second-order valence-corrected chi connectivity index (χ2v) is 7.36. The van der Waals surface area contributed by atoms with E-state index >= 15 is 0 Å². The van der Waals surface area contributed by atoms with Crippen LogP contribution in [0.15, 0.2) is 82.0 Å². The molecule has 3 aromatic carbocycles. The molecule has 8 heteroatoms. The van der Waals surface area contributed by atoms with Crippen LogP contribution in [0.3, 0.4) is 0 Å². The fraction of sp³-hybridized carbons (Fsp3) is 0.160. The van der Waals surface area contributed by atoms with Crippen molar-refractivity contribution in [2.45, 2.75) is 13.5 Å². The number of benzene rings is 3. The Morgan fingerprint density at radius 3 is 2.55 bits per heavy atom. The maximum absolute atomic E-state index is 11.0. The molecule has 0 bridgehead atoms. The van der Waals surface area contributed by atoms with E-state index in [1.807, 2.05) is 35.8 Å². The highest BCUT2D eigenvalue weighted by Gasteiger charge is 2.17. The highest BCUT2D eigenvalue weighted by Crippen LogP contribution is 2.31. The molecule has 0 saturated carbocycles. The Balaban J connectivity index is 1.50. The van der Waals surface area contributed by atoms with E-state index < -0.39 is 0 Å². The second-order valence-electron chi connectivity index (χ2n) is 7.36. The van der Waals surface area contributed by atoms with Crippen LogP contribution in [-0.2, 0) is 11.3 Å². The molecule has 0 radical (unpaired) electrons. The van der Waals surface area contributed by atoms with Gasteiger partial charge in [0.05, 0.1) is 18.7 Å². The van der Waals surface area contributed by atoms with Gasteiger partial charge in [-0.05, 0) is 35.7 Å². The average molecular weight is 439 g/mol. The molecule has 0 saturated heterocycles. The molecule has 0 spiro atoms. The molecule has 1 aromatic heterocycles. The van der Waals surface area contributed by atoms with Gasteiger partial charge in [0.2, 0.25) is 0 Å². The fourth-order valence-corrected chi connectivity index (χ4v) is 3.93. The van der Waals surface area contributed by atoms with Gasteiger partial charge in [-0.15, -0.1) is 5.11 Å². The van der Waals surface area contributed by atoms with Gasteiger partial charge in [-0.1, -0.05) is 54.6 Å². The van der Waals surface area contributed by atoms with Crippen LogP contribution in [0.1, 0.15) is 18.1 Å². The van der Waals surface area contributed by atoms with E-state index in [9.17, 15) is 4.79 Å². The van der Waals surface area contributed by atoms with Crippen LogP contribution in [0.5, 0.6) is 11.8 Å². The van der Waals surface area contributed by atoms with E-state index in [0.717, 1.165) is 22.3 Å². The monoisotopic (exact) mass is 439 g/mol. The van der Waals surface area contributed by atoms with Crippen LogP contribution in [-0.4, -0.2) is 35.1 Å². The van der Waals surface area contributed by atoms with E-state index in [2.05, 4.69) is 50.5 Å². The zero-order valence-electron chi connectivity index (χ0n) is 18.0. The third-order valence-electron chi connectivity index (χ3n) is 5.37. The molecule has 0 aliphatic carbocycles. The summed E-state index contributed by atoms with van der Waals surface area (Å²) in [5.41, 5.74) is 5.54. The zero-order chi connectivity index (χ0) is 22.6. The number of para-hydroxylation sites is 1. The van der Waals surface area contributed by atoms with Crippen molar-refractivity contribution < 1.29 is 14.3 Å². The van der Waals surface area contributed by atoms with Crippen molar-refractivity contribution in [1.29, 1.82) is 0 Å². The zero-order valence-corrected chi connectivity index (χ0v) is 18.0. The molecular weight excluding hydrogens is 418 g/mol. The maximum atomic E-state index is 11.0. The van der Waals surface area contributed by atoms with Gasteiger partial charge in [-0.25, -0.2) is 4.99 Å². The van der Waals surface area contributed by atoms with Crippen LogP contribution in [0.2, 0.25) is 0 Å². The number of fused-ring (bicyclic) bond motifs is 1. The Hall–Kier alpha value is -4.33. The predicted octanol–water partition coefficient (Wildman–Crippen LogP) is 4.86. The van der Waals surface area contributed by atoms with Gasteiger partial charge in [0.15, 0.2) is 18.3 Å². The number of azo groups is 1. The molecule has 1 aliphatic rings. The van der Waals surface area contributed by atoms with E-state index in [0.29, 0.717) is 54.9 Å². The first-order valence-corrected chi connectivity index (χ1v) is 10.6. The lowest BCUT2D eigenvalue weighted by Crippen LogP contribution is -2.06. The summed E-state index contributed by atoms with van der Waals surface area (Å²) in [6, 6.07) is 22.2. The van der Waals surface area contributed by atoms with Crippen LogP contribution in [0, 0.1) is 0 Å². The third-order valence-corrected chi connectivity index (χ3v) is 5.37. The Morgan fingerprint density at radius 2 is 1.82 bits per heavy atom. The van der Waals surface area contributed by atoms with Crippen molar-refractivity contribution in [1.82, 2.24) is 9.55 Å². The van der Waals surface area contributed by atoms with E-state index in [1.165, 1.54) is 0 Å². The summed E-state index contributed by atoms with van der Waals surface area (Å²) in [6.07, 6.45) is 0. The predicted molar refractivity (Wildman–Crippen MR) is 125 cm³/mol. The number of imidazole rings is 1. The normalized spacial score (nSPS) is 12.7. The first-order chi connectivity index (χ1) is 16.3. The summed E-state index contributed by atoms with van der Waals surface area (Å²) in [5, 5.41) is 8.12. The largest absolute Gasteiger partial charge is 0.465 e. The first kappa shape index (κ1) is 20.6. The molecular formula is C25H21N5O3. The van der Waals surface area contributed by atoms with Crippen molar-refractivity contribution in [2.75, 3.05) is 13.3 Å². The molecule has 0 amide bonds. The van der Waals surface area contributed by atoms with Gasteiger partial charge < -0.3 is 9.47 Å². The lowest BCUT2D eigenvalue weighted by atomic mass is 9.98. The SMILES string of the molecule is CCOc1nc2cccc(OC=O)c2n1Cc1ccc(-c2ccccc2C2=NCN=N2)cc1. The summed E-state index contributed by atoms with van der Waals surface area (Å²) < 4.78 is 12.9. The lowest BCUT2D eigenvalue weighted by Gasteiger charge is -2.12. The van der Waals surface area contributed by atoms with E-state index in [-0.39, 0.29) is 0 Å². The number of amidine groups is 1. The minimum absolute atomic E-state index is 0.374. The molecule has 4 aromatic rings. The smallest absolute Gasteiger partial charge is 0.298 e. The van der Waals surface area contributed by atoms with Crippen molar-refractivity contribution in [3.05, 3.63) is 77.9 Å². The number of hydrogen-bond donors (Lipinski definition) is 0. The number of carbonyl (C=O) groups excluding carboxylic acids is 1. The summed E-state index contributed by atoms with van der Waals surface area (Å²) in [5.74, 6) is 1.10. The van der Waals surface area contributed by atoms with Gasteiger partial charge in [-0.2, -0.15) is 10.1 Å². The Labute approximate surface area is 190 Å². The van der Waals surface area contributed by atoms with E-state index in [1.54, 1.807) is 12.1 Å². The van der Waals surface area contributed by atoms with Crippen molar-refractivity contribution >= 4 is 23.3 Å². The van der Waals surface area contributed by atoms with Crippen LogP contribution < -0.4 is 9.47 Å². The molecule has 0 fully saturated rings. The quantitative estimate of drug-likeness (QED) is 0.367. The van der Waals surface area contributed by atoms with Gasteiger partial charge in [0.25, 0.3) is 12.5 Å². The topological polar surface area (TPSA) is 90.4 Å². The number of nitrogens with zero attached hydrogens (tertiary/aromatic N) is 5. The summed E-state index contributed by atoms with van der Waals surface area (Å²) in [4.78, 5) is 19.9. The highest BCUT2D eigenvalue weighted by atomic mass is 16.5. The number of ether oxygens (including phenoxy) is 2. The minimum Gasteiger partial charge on any atom is -0.465 e. The number of aliphatic imine (C=N–C) groups is 1. The molecule has 2 heterocycles.